The van der Waals surface area contributed by atoms with E-state index in [1.165, 1.54) is 12.1 Å². The molecule has 1 heterocycles. The largest absolute Gasteiger partial charge is 0.478 e. The Bertz CT molecular complexity index is 649. The highest BCUT2D eigenvalue weighted by atomic mass is 16.4. The van der Waals surface area contributed by atoms with Crippen LogP contribution in [-0.4, -0.2) is 33.4 Å². The summed E-state index contributed by atoms with van der Waals surface area (Å²) in [4.78, 5) is 22.4. The number of urea groups is 1. The zero-order chi connectivity index (χ0) is 15.9. The van der Waals surface area contributed by atoms with Gasteiger partial charge in [0.2, 0.25) is 0 Å². The molecule has 0 atom stereocenters. The van der Waals surface area contributed by atoms with Crippen molar-refractivity contribution in [3.05, 3.63) is 53.3 Å². The number of hydrogen-bond acceptors (Lipinski definition) is 3. The Morgan fingerprint density at radius 2 is 1.91 bits per heavy atom. The molecular weight excluding hydrogens is 284 g/mol. The summed E-state index contributed by atoms with van der Waals surface area (Å²) >= 11 is 0. The van der Waals surface area contributed by atoms with Gasteiger partial charge in [-0.1, -0.05) is 12.1 Å². The first-order valence-corrected chi connectivity index (χ1v) is 6.87. The maximum absolute atomic E-state index is 11.6. The standard InChI is InChI=1S/C15H18N4O3/c1-19-9-7-13(18-19)6-8-16-15(22)17-10-11-2-4-12(5-3-11)14(20)21/h2-5,7,9H,6,8,10H2,1H3,(H,20,21)(H2,16,17,22). The fraction of sp³-hybridized carbons (Fsp3) is 0.267. The van der Waals surface area contributed by atoms with Gasteiger partial charge in [-0.05, 0) is 23.8 Å². The molecule has 0 fully saturated rings. The molecule has 2 aromatic rings. The van der Waals surface area contributed by atoms with Gasteiger partial charge in [0.05, 0.1) is 11.3 Å². The van der Waals surface area contributed by atoms with Crippen molar-refractivity contribution < 1.29 is 14.7 Å². The smallest absolute Gasteiger partial charge is 0.335 e. The summed E-state index contributed by atoms with van der Waals surface area (Å²) in [6.45, 7) is 0.843. The van der Waals surface area contributed by atoms with Gasteiger partial charge in [-0.25, -0.2) is 9.59 Å². The lowest BCUT2D eigenvalue weighted by Gasteiger charge is -2.07. The van der Waals surface area contributed by atoms with Crippen LogP contribution in [0.3, 0.4) is 0 Å². The van der Waals surface area contributed by atoms with Crippen molar-refractivity contribution in [3.8, 4) is 0 Å². The molecule has 0 aliphatic heterocycles. The lowest BCUT2D eigenvalue weighted by atomic mass is 10.1. The van der Waals surface area contributed by atoms with Crippen LogP contribution >= 0.6 is 0 Å². The van der Waals surface area contributed by atoms with Gasteiger partial charge < -0.3 is 15.7 Å². The van der Waals surface area contributed by atoms with E-state index in [1.807, 2.05) is 19.3 Å². The first-order valence-electron chi connectivity index (χ1n) is 6.87. The van der Waals surface area contributed by atoms with Crippen molar-refractivity contribution in [2.24, 2.45) is 7.05 Å². The number of carboxylic acids is 1. The van der Waals surface area contributed by atoms with Gasteiger partial charge in [-0.3, -0.25) is 4.68 Å². The van der Waals surface area contributed by atoms with Crippen molar-refractivity contribution in [3.63, 3.8) is 0 Å². The topological polar surface area (TPSA) is 96.2 Å². The highest BCUT2D eigenvalue weighted by molar-refractivity contribution is 5.87. The predicted octanol–water partition coefficient (Wildman–Crippen LogP) is 1.16. The average Bonchev–Trinajstić information content (AvgIpc) is 2.91. The van der Waals surface area contributed by atoms with Gasteiger partial charge in [0, 0.05) is 32.8 Å². The number of aryl methyl sites for hydroxylation is 1. The summed E-state index contributed by atoms with van der Waals surface area (Å²) in [6.07, 6.45) is 2.53. The lowest BCUT2D eigenvalue weighted by Crippen LogP contribution is -2.36. The average molecular weight is 302 g/mol. The normalized spacial score (nSPS) is 10.2. The molecule has 1 aromatic heterocycles. The number of rotatable bonds is 6. The molecule has 116 valence electrons. The van der Waals surface area contributed by atoms with E-state index in [1.54, 1.807) is 16.8 Å². The fourth-order valence-electron chi connectivity index (χ4n) is 1.91. The summed E-state index contributed by atoms with van der Waals surface area (Å²) < 4.78 is 1.72. The molecule has 1 aromatic carbocycles. The highest BCUT2D eigenvalue weighted by Gasteiger charge is 2.04. The van der Waals surface area contributed by atoms with Crippen molar-refractivity contribution in [2.75, 3.05) is 6.54 Å². The predicted molar refractivity (Wildman–Crippen MR) is 80.6 cm³/mol. The van der Waals surface area contributed by atoms with Gasteiger partial charge in [0.15, 0.2) is 0 Å². The van der Waals surface area contributed by atoms with E-state index in [2.05, 4.69) is 15.7 Å². The third kappa shape index (κ3) is 4.62. The highest BCUT2D eigenvalue weighted by Crippen LogP contribution is 2.04. The quantitative estimate of drug-likeness (QED) is 0.746. The van der Waals surface area contributed by atoms with Crippen molar-refractivity contribution in [2.45, 2.75) is 13.0 Å². The lowest BCUT2D eigenvalue weighted by molar-refractivity contribution is 0.0697. The van der Waals surface area contributed by atoms with E-state index in [0.717, 1.165) is 11.3 Å². The van der Waals surface area contributed by atoms with Crippen LogP contribution in [0.2, 0.25) is 0 Å². The molecule has 0 aliphatic rings. The fourth-order valence-corrected chi connectivity index (χ4v) is 1.91. The van der Waals surface area contributed by atoms with E-state index in [4.69, 9.17) is 5.11 Å². The van der Waals surface area contributed by atoms with Crippen LogP contribution in [0.1, 0.15) is 21.6 Å². The van der Waals surface area contributed by atoms with E-state index >= 15 is 0 Å². The monoisotopic (exact) mass is 302 g/mol. The Morgan fingerprint density at radius 3 is 2.50 bits per heavy atom. The number of carbonyl (C=O) groups excluding carboxylic acids is 1. The van der Waals surface area contributed by atoms with Crippen LogP contribution in [0.15, 0.2) is 36.5 Å². The Kier molecular flexibility index (Phi) is 5.13. The minimum Gasteiger partial charge on any atom is -0.478 e. The molecule has 0 aliphatic carbocycles. The molecule has 0 saturated carbocycles. The molecule has 7 heteroatoms. The minimum absolute atomic E-state index is 0.226. The Hall–Kier alpha value is -2.83. The van der Waals surface area contributed by atoms with E-state index in [-0.39, 0.29) is 11.6 Å². The van der Waals surface area contributed by atoms with Gasteiger partial charge in [0.25, 0.3) is 0 Å². The van der Waals surface area contributed by atoms with Gasteiger partial charge in [-0.15, -0.1) is 0 Å². The SMILES string of the molecule is Cn1ccc(CCNC(=O)NCc2ccc(C(=O)O)cc2)n1. The summed E-state index contributed by atoms with van der Waals surface area (Å²) in [5, 5.41) is 18.5. The molecule has 3 N–H and O–H groups in total. The van der Waals surface area contributed by atoms with Crippen molar-refractivity contribution in [1.29, 1.82) is 0 Å². The number of nitrogens with zero attached hydrogens (tertiary/aromatic N) is 2. The molecule has 0 spiro atoms. The molecule has 0 bridgehead atoms. The van der Waals surface area contributed by atoms with Crippen LogP contribution in [-0.2, 0) is 20.0 Å². The molecule has 0 radical (unpaired) electrons. The Balaban J connectivity index is 1.69. The van der Waals surface area contributed by atoms with Gasteiger partial charge in [0.1, 0.15) is 0 Å². The second-order valence-corrected chi connectivity index (χ2v) is 4.84. The zero-order valence-electron chi connectivity index (χ0n) is 12.2. The number of carbonyl (C=O) groups is 2. The molecule has 7 nitrogen and oxygen atoms in total. The number of nitrogens with one attached hydrogen (secondary N) is 2. The number of hydrogen-bond donors (Lipinski definition) is 3. The summed E-state index contributed by atoms with van der Waals surface area (Å²) in [7, 11) is 1.85. The molecule has 0 unspecified atom stereocenters. The minimum atomic E-state index is -0.966. The molecule has 22 heavy (non-hydrogen) atoms. The van der Waals surface area contributed by atoms with Crippen LogP contribution in [0.5, 0.6) is 0 Å². The number of aromatic carboxylic acids is 1. The van der Waals surface area contributed by atoms with Gasteiger partial charge in [-0.2, -0.15) is 5.10 Å². The first-order chi connectivity index (χ1) is 10.5. The number of benzene rings is 1. The van der Waals surface area contributed by atoms with E-state index < -0.39 is 5.97 Å². The zero-order valence-corrected chi connectivity index (χ0v) is 12.2. The number of carboxylic acid groups (broad SMARTS) is 1. The summed E-state index contributed by atoms with van der Waals surface area (Å²) in [5.74, 6) is -0.966. The first kappa shape index (κ1) is 15.6. The van der Waals surface area contributed by atoms with E-state index in [9.17, 15) is 9.59 Å². The molecule has 2 amide bonds. The van der Waals surface area contributed by atoms with E-state index in [0.29, 0.717) is 19.5 Å². The van der Waals surface area contributed by atoms with Crippen molar-refractivity contribution >= 4 is 12.0 Å². The number of amides is 2. The molecule has 0 saturated heterocycles. The number of aromatic nitrogens is 2. The second-order valence-electron chi connectivity index (χ2n) is 4.84. The van der Waals surface area contributed by atoms with Crippen LogP contribution in [0.25, 0.3) is 0 Å². The summed E-state index contributed by atoms with van der Waals surface area (Å²) in [6, 6.07) is 8.02. The molecule has 2 rings (SSSR count). The van der Waals surface area contributed by atoms with Crippen LogP contribution in [0.4, 0.5) is 4.79 Å². The Labute approximate surface area is 128 Å². The van der Waals surface area contributed by atoms with Crippen LogP contribution < -0.4 is 10.6 Å². The maximum Gasteiger partial charge on any atom is 0.335 e. The third-order valence-corrected chi connectivity index (χ3v) is 3.09. The maximum atomic E-state index is 11.6. The second kappa shape index (κ2) is 7.26. The van der Waals surface area contributed by atoms with Crippen LogP contribution in [0, 0.1) is 0 Å². The molecular formula is C15H18N4O3. The van der Waals surface area contributed by atoms with Gasteiger partial charge >= 0.3 is 12.0 Å². The summed E-state index contributed by atoms with van der Waals surface area (Å²) in [5.41, 5.74) is 1.99. The Morgan fingerprint density at radius 1 is 1.18 bits per heavy atom. The third-order valence-electron chi connectivity index (χ3n) is 3.09. The van der Waals surface area contributed by atoms with Crippen molar-refractivity contribution in [1.82, 2.24) is 20.4 Å².